The van der Waals surface area contributed by atoms with Crippen molar-refractivity contribution in [2.24, 2.45) is 5.92 Å². The summed E-state index contributed by atoms with van der Waals surface area (Å²) in [4.78, 5) is 33.0. The molecule has 0 aliphatic carbocycles. The number of carboxylic acid groups (broad SMARTS) is 1. The molecule has 8 heteroatoms. The van der Waals surface area contributed by atoms with Gasteiger partial charge in [0.15, 0.2) is 0 Å². The lowest BCUT2D eigenvalue weighted by Gasteiger charge is -2.16. The van der Waals surface area contributed by atoms with E-state index in [1.165, 1.54) is 25.6 Å². The van der Waals surface area contributed by atoms with Crippen molar-refractivity contribution in [2.75, 3.05) is 12.3 Å². The van der Waals surface area contributed by atoms with Crippen molar-refractivity contribution in [1.29, 1.82) is 0 Å². The first-order valence-electron chi connectivity index (χ1n) is 6.18. The van der Waals surface area contributed by atoms with E-state index in [-0.39, 0.29) is 6.54 Å². The Hall–Kier alpha value is -1.44. The van der Waals surface area contributed by atoms with Crippen LogP contribution in [-0.2, 0) is 19.1 Å². The maximum atomic E-state index is 11.4. The van der Waals surface area contributed by atoms with Crippen LogP contribution < -0.4 is 5.32 Å². The Balaban J connectivity index is 4.11. The summed E-state index contributed by atoms with van der Waals surface area (Å²) >= 11 is 1.25. The number of alkyl carbamates (subject to hydrolysis) is 1. The zero-order valence-electron chi connectivity index (χ0n) is 12.0. The summed E-state index contributed by atoms with van der Waals surface area (Å²) in [6.45, 7) is 6.49. The van der Waals surface area contributed by atoms with Gasteiger partial charge in [0.2, 0.25) is 6.29 Å². The fraction of sp³-hybridized carbons (Fsp3) is 0.750. The third-order valence-corrected chi connectivity index (χ3v) is 3.57. The number of hydrogen-bond donors (Lipinski definition) is 2. The molecule has 0 aliphatic heterocycles. The summed E-state index contributed by atoms with van der Waals surface area (Å²) < 4.78 is 9.33. The third-order valence-electron chi connectivity index (χ3n) is 1.94. The van der Waals surface area contributed by atoms with Gasteiger partial charge in [-0.15, -0.1) is 11.8 Å². The molecule has 0 radical (unpaired) electrons. The molecule has 0 saturated heterocycles. The zero-order chi connectivity index (χ0) is 15.7. The van der Waals surface area contributed by atoms with Gasteiger partial charge in [-0.3, -0.25) is 9.59 Å². The number of hydrogen-bond acceptors (Lipinski definition) is 6. The number of ether oxygens (including phenoxy) is 2. The van der Waals surface area contributed by atoms with Crippen LogP contribution in [0.4, 0.5) is 4.79 Å². The molecular formula is C12H21NO6S. The van der Waals surface area contributed by atoms with E-state index in [1.807, 2.05) is 13.8 Å². The molecule has 0 aromatic carbocycles. The normalized spacial score (nSPS) is 13.4. The molecule has 0 fully saturated rings. The highest BCUT2D eigenvalue weighted by molar-refractivity contribution is 8.00. The molecular weight excluding hydrogens is 286 g/mol. The van der Waals surface area contributed by atoms with E-state index in [0.29, 0.717) is 11.7 Å². The number of carboxylic acids is 1. The number of esters is 1. The van der Waals surface area contributed by atoms with E-state index in [1.54, 1.807) is 0 Å². The van der Waals surface area contributed by atoms with Gasteiger partial charge in [-0.05, 0) is 11.7 Å². The number of nitrogens with one attached hydrogen (secondary N) is 1. The fourth-order valence-electron chi connectivity index (χ4n) is 1.15. The van der Waals surface area contributed by atoms with Crippen LogP contribution in [0.1, 0.15) is 27.7 Å². The van der Waals surface area contributed by atoms with Crippen LogP contribution in [0, 0.1) is 5.92 Å². The Morgan fingerprint density at radius 3 is 2.25 bits per heavy atom. The second-order valence-corrected chi connectivity index (χ2v) is 5.75. The molecule has 0 aromatic rings. The molecule has 0 rings (SSSR count). The highest BCUT2D eigenvalue weighted by atomic mass is 32.2. The lowest BCUT2D eigenvalue weighted by atomic mass is 10.3. The smallest absolute Gasteiger partial charge is 0.410 e. The minimum atomic E-state index is -1.01. The molecule has 0 saturated carbocycles. The first-order chi connectivity index (χ1) is 9.22. The first-order valence-corrected chi connectivity index (χ1v) is 7.23. The topological polar surface area (TPSA) is 102 Å². The van der Waals surface area contributed by atoms with Crippen LogP contribution in [-0.4, -0.2) is 47.0 Å². The predicted octanol–water partition coefficient (Wildman–Crippen LogP) is 1.46. The van der Waals surface area contributed by atoms with Crippen molar-refractivity contribution in [3.05, 3.63) is 0 Å². The minimum Gasteiger partial charge on any atom is -0.480 e. The average Bonchev–Trinajstić information content (AvgIpc) is 2.26. The van der Waals surface area contributed by atoms with Crippen molar-refractivity contribution in [1.82, 2.24) is 5.32 Å². The molecule has 0 bridgehead atoms. The second-order valence-electron chi connectivity index (χ2n) is 4.52. The Kier molecular flexibility index (Phi) is 8.78. The number of rotatable bonds is 8. The van der Waals surface area contributed by atoms with Gasteiger partial charge in [0, 0.05) is 20.4 Å². The molecule has 7 nitrogen and oxygen atoms in total. The highest BCUT2D eigenvalue weighted by Gasteiger charge is 2.20. The molecule has 1 amide bonds. The van der Waals surface area contributed by atoms with Gasteiger partial charge in [-0.2, -0.15) is 0 Å². The van der Waals surface area contributed by atoms with Crippen molar-refractivity contribution in [3.63, 3.8) is 0 Å². The van der Waals surface area contributed by atoms with Gasteiger partial charge in [0.05, 0.1) is 0 Å². The highest BCUT2D eigenvalue weighted by Crippen LogP contribution is 2.14. The van der Waals surface area contributed by atoms with E-state index >= 15 is 0 Å². The summed E-state index contributed by atoms with van der Waals surface area (Å²) in [5, 5.41) is 10.6. The number of carbonyl (C=O) groups is 3. The summed E-state index contributed by atoms with van der Waals surface area (Å²) in [5.74, 6) is -0.527. The lowest BCUT2D eigenvalue weighted by molar-refractivity contribution is -0.162. The molecule has 2 N–H and O–H groups in total. The quantitative estimate of drug-likeness (QED) is 0.517. The Morgan fingerprint density at radius 2 is 1.80 bits per heavy atom. The van der Waals surface area contributed by atoms with Gasteiger partial charge in [0.1, 0.15) is 5.25 Å². The summed E-state index contributed by atoms with van der Waals surface area (Å²) in [6, 6.07) is 0. The molecule has 0 heterocycles. The SMILES string of the molecule is CC(=O)O[C@@H](C)OC(=O)NC[C@H](SCC(C)C)C(=O)O. The van der Waals surface area contributed by atoms with E-state index in [4.69, 9.17) is 9.84 Å². The molecule has 0 unspecified atom stereocenters. The van der Waals surface area contributed by atoms with Crippen LogP contribution >= 0.6 is 11.8 Å². The van der Waals surface area contributed by atoms with Gasteiger partial charge >= 0.3 is 18.0 Å². The standard InChI is InChI=1S/C12H21NO6S/c1-7(2)6-20-10(11(15)16)5-13-12(17)19-9(4)18-8(3)14/h7,9-10H,5-6H2,1-4H3,(H,13,17)(H,15,16)/t9-,10+/m1/s1. The summed E-state index contributed by atoms with van der Waals surface area (Å²) in [5.41, 5.74) is 0. The van der Waals surface area contributed by atoms with Gasteiger partial charge in [-0.1, -0.05) is 13.8 Å². The Labute approximate surface area is 122 Å². The van der Waals surface area contributed by atoms with Crippen LogP contribution in [0.15, 0.2) is 0 Å². The number of amides is 1. The van der Waals surface area contributed by atoms with Crippen LogP contribution in [0.2, 0.25) is 0 Å². The summed E-state index contributed by atoms with van der Waals surface area (Å²) in [6.07, 6.45) is -1.84. The number of thioether (sulfide) groups is 1. The molecule has 0 spiro atoms. The van der Waals surface area contributed by atoms with Crippen molar-refractivity contribution >= 4 is 29.8 Å². The number of carbonyl (C=O) groups excluding carboxylic acids is 2. The van der Waals surface area contributed by atoms with Crippen LogP contribution in [0.5, 0.6) is 0 Å². The Bertz CT molecular complexity index is 347. The van der Waals surface area contributed by atoms with Crippen molar-refractivity contribution in [3.8, 4) is 0 Å². The Morgan fingerprint density at radius 1 is 1.20 bits per heavy atom. The van der Waals surface area contributed by atoms with Crippen LogP contribution in [0.3, 0.4) is 0 Å². The van der Waals surface area contributed by atoms with E-state index < -0.39 is 29.6 Å². The molecule has 20 heavy (non-hydrogen) atoms. The van der Waals surface area contributed by atoms with E-state index in [0.717, 1.165) is 0 Å². The van der Waals surface area contributed by atoms with Gasteiger partial charge in [0.25, 0.3) is 0 Å². The minimum absolute atomic E-state index is 0.0572. The van der Waals surface area contributed by atoms with E-state index in [2.05, 4.69) is 10.1 Å². The van der Waals surface area contributed by atoms with Gasteiger partial charge < -0.3 is 19.9 Å². The number of aliphatic carboxylic acids is 1. The zero-order valence-corrected chi connectivity index (χ0v) is 12.9. The molecule has 116 valence electrons. The lowest BCUT2D eigenvalue weighted by Crippen LogP contribution is -2.37. The predicted molar refractivity (Wildman–Crippen MR) is 74.4 cm³/mol. The summed E-state index contributed by atoms with van der Waals surface area (Å²) in [7, 11) is 0. The van der Waals surface area contributed by atoms with Crippen LogP contribution in [0.25, 0.3) is 0 Å². The second kappa shape index (κ2) is 9.46. The van der Waals surface area contributed by atoms with Crippen molar-refractivity contribution in [2.45, 2.75) is 39.2 Å². The molecule has 2 atom stereocenters. The largest absolute Gasteiger partial charge is 0.480 e. The van der Waals surface area contributed by atoms with E-state index in [9.17, 15) is 14.4 Å². The monoisotopic (exact) mass is 307 g/mol. The molecule has 0 aromatic heterocycles. The maximum Gasteiger partial charge on any atom is 0.410 e. The van der Waals surface area contributed by atoms with Crippen molar-refractivity contribution < 1.29 is 29.0 Å². The molecule has 0 aliphatic rings. The fourth-order valence-corrected chi connectivity index (χ4v) is 2.11. The van der Waals surface area contributed by atoms with Gasteiger partial charge in [-0.25, -0.2) is 4.79 Å². The average molecular weight is 307 g/mol. The third kappa shape index (κ3) is 9.48. The first kappa shape index (κ1) is 18.6. The maximum absolute atomic E-state index is 11.4.